The lowest BCUT2D eigenvalue weighted by atomic mass is 10.0. The molecule has 0 fully saturated rings. The summed E-state index contributed by atoms with van der Waals surface area (Å²) in [5, 5.41) is 0. The third kappa shape index (κ3) is 5.87. The Morgan fingerprint density at radius 2 is 1.48 bits per heavy atom. The van der Waals surface area contributed by atoms with E-state index in [1.54, 1.807) is 39.0 Å². The summed E-state index contributed by atoms with van der Waals surface area (Å²) in [5.41, 5.74) is 0. The van der Waals surface area contributed by atoms with Crippen LogP contribution in [0.2, 0.25) is 0 Å². The molecule has 21 heavy (non-hydrogen) atoms. The number of hydrogen-bond acceptors (Lipinski definition) is 5. The van der Waals surface area contributed by atoms with E-state index in [0.29, 0.717) is 6.42 Å². The minimum absolute atomic E-state index is 0.249. The maximum Gasteiger partial charge on any atom is 0.320 e. The van der Waals surface area contributed by atoms with Crippen LogP contribution in [0.3, 0.4) is 0 Å². The van der Waals surface area contributed by atoms with Crippen molar-refractivity contribution in [2.24, 2.45) is 5.92 Å². The monoisotopic (exact) mass is 312 g/mol. The Labute approximate surface area is 130 Å². The van der Waals surface area contributed by atoms with Gasteiger partial charge in [0.2, 0.25) is 0 Å². The minimum Gasteiger partial charge on any atom is -0.462 e. The molecular weight excluding hydrogens is 288 g/mol. The standard InChI is InChI=1S/C16H24O4S/c1-6-12-7-8-13(21-12)9-14(15(17)19-10(2)3)16(18)20-11(4)5/h7-8,10-11,14H,6,9H2,1-5H3. The first-order chi connectivity index (χ1) is 9.83. The molecule has 0 aromatic carbocycles. The lowest BCUT2D eigenvalue weighted by Gasteiger charge is -2.17. The van der Waals surface area contributed by atoms with Gasteiger partial charge in [-0.25, -0.2) is 0 Å². The highest BCUT2D eigenvalue weighted by Gasteiger charge is 2.31. The summed E-state index contributed by atoms with van der Waals surface area (Å²) < 4.78 is 10.4. The van der Waals surface area contributed by atoms with E-state index in [9.17, 15) is 9.59 Å². The van der Waals surface area contributed by atoms with Crippen LogP contribution in [-0.4, -0.2) is 24.1 Å². The summed E-state index contributed by atoms with van der Waals surface area (Å²) in [7, 11) is 0. The maximum absolute atomic E-state index is 12.1. The van der Waals surface area contributed by atoms with Crippen molar-refractivity contribution in [2.75, 3.05) is 0 Å². The van der Waals surface area contributed by atoms with Crippen molar-refractivity contribution in [1.29, 1.82) is 0 Å². The van der Waals surface area contributed by atoms with Gasteiger partial charge in [0.15, 0.2) is 5.92 Å². The number of carbonyl (C=O) groups is 2. The van der Waals surface area contributed by atoms with Gasteiger partial charge in [-0.3, -0.25) is 9.59 Å². The molecule has 0 aliphatic carbocycles. The van der Waals surface area contributed by atoms with Crippen molar-refractivity contribution in [3.8, 4) is 0 Å². The molecule has 0 aliphatic heterocycles. The van der Waals surface area contributed by atoms with E-state index in [2.05, 4.69) is 6.92 Å². The van der Waals surface area contributed by atoms with Crippen LogP contribution < -0.4 is 0 Å². The van der Waals surface area contributed by atoms with Crippen LogP contribution in [-0.2, 0) is 31.9 Å². The molecule has 0 saturated heterocycles. The first-order valence-corrected chi connectivity index (χ1v) is 8.13. The Bertz CT molecular complexity index is 454. The van der Waals surface area contributed by atoms with Gasteiger partial charge in [-0.15, -0.1) is 11.3 Å². The fourth-order valence-electron chi connectivity index (χ4n) is 1.82. The lowest BCUT2D eigenvalue weighted by molar-refractivity contribution is -0.166. The predicted molar refractivity (Wildman–Crippen MR) is 83.3 cm³/mol. The number of ether oxygens (including phenoxy) is 2. The zero-order chi connectivity index (χ0) is 16.0. The normalized spacial score (nSPS) is 11.2. The number of aryl methyl sites for hydroxylation is 1. The molecule has 0 bridgehead atoms. The van der Waals surface area contributed by atoms with E-state index < -0.39 is 17.9 Å². The van der Waals surface area contributed by atoms with Gasteiger partial charge in [0.05, 0.1) is 12.2 Å². The third-order valence-electron chi connectivity index (χ3n) is 2.74. The molecule has 0 saturated carbocycles. The highest BCUT2D eigenvalue weighted by molar-refractivity contribution is 7.12. The first-order valence-electron chi connectivity index (χ1n) is 7.32. The Morgan fingerprint density at radius 1 is 1.00 bits per heavy atom. The molecule has 0 radical (unpaired) electrons. The number of esters is 2. The summed E-state index contributed by atoms with van der Waals surface area (Å²) in [6, 6.07) is 3.99. The summed E-state index contributed by atoms with van der Waals surface area (Å²) in [6.45, 7) is 9.14. The number of hydrogen-bond donors (Lipinski definition) is 0. The van der Waals surface area contributed by atoms with Crippen molar-refractivity contribution in [3.63, 3.8) is 0 Å². The quantitative estimate of drug-likeness (QED) is 0.572. The second kappa shape index (κ2) is 8.17. The van der Waals surface area contributed by atoms with Crippen LogP contribution in [0, 0.1) is 5.92 Å². The molecule has 1 heterocycles. The van der Waals surface area contributed by atoms with Crippen LogP contribution in [0.25, 0.3) is 0 Å². The predicted octanol–water partition coefficient (Wildman–Crippen LogP) is 3.37. The zero-order valence-electron chi connectivity index (χ0n) is 13.3. The fourth-order valence-corrected chi connectivity index (χ4v) is 2.82. The Morgan fingerprint density at radius 3 is 1.86 bits per heavy atom. The van der Waals surface area contributed by atoms with Gasteiger partial charge in [-0.1, -0.05) is 6.92 Å². The summed E-state index contributed by atoms with van der Waals surface area (Å²) >= 11 is 1.62. The van der Waals surface area contributed by atoms with Gasteiger partial charge in [0, 0.05) is 16.2 Å². The highest BCUT2D eigenvalue weighted by atomic mass is 32.1. The first kappa shape index (κ1) is 17.7. The van der Waals surface area contributed by atoms with Crippen LogP contribution in [0.5, 0.6) is 0 Å². The van der Waals surface area contributed by atoms with E-state index >= 15 is 0 Å². The van der Waals surface area contributed by atoms with Crippen LogP contribution in [0.4, 0.5) is 0 Å². The molecular formula is C16H24O4S. The average molecular weight is 312 g/mol. The van der Waals surface area contributed by atoms with E-state index in [-0.39, 0.29) is 12.2 Å². The Hall–Kier alpha value is -1.36. The fraction of sp³-hybridized carbons (Fsp3) is 0.625. The van der Waals surface area contributed by atoms with Gasteiger partial charge in [-0.05, 0) is 46.2 Å². The topological polar surface area (TPSA) is 52.6 Å². The van der Waals surface area contributed by atoms with E-state index in [1.165, 1.54) is 4.88 Å². The van der Waals surface area contributed by atoms with Gasteiger partial charge < -0.3 is 9.47 Å². The molecule has 1 rings (SSSR count). The molecule has 0 unspecified atom stereocenters. The average Bonchev–Trinajstić information content (AvgIpc) is 2.81. The molecule has 5 heteroatoms. The minimum atomic E-state index is -0.891. The van der Waals surface area contributed by atoms with Crippen molar-refractivity contribution in [2.45, 2.75) is 59.7 Å². The van der Waals surface area contributed by atoms with Crippen molar-refractivity contribution in [3.05, 3.63) is 21.9 Å². The van der Waals surface area contributed by atoms with Crippen molar-refractivity contribution in [1.82, 2.24) is 0 Å². The van der Waals surface area contributed by atoms with Crippen LogP contribution in [0.1, 0.15) is 44.4 Å². The van der Waals surface area contributed by atoms with Gasteiger partial charge in [0.1, 0.15) is 0 Å². The van der Waals surface area contributed by atoms with Gasteiger partial charge >= 0.3 is 11.9 Å². The molecule has 0 spiro atoms. The summed E-state index contributed by atoms with van der Waals surface area (Å²) in [5.74, 6) is -1.91. The summed E-state index contributed by atoms with van der Waals surface area (Å²) in [6.07, 6.45) is 0.784. The number of rotatable bonds is 7. The molecule has 0 amide bonds. The third-order valence-corrected chi connectivity index (χ3v) is 4.00. The number of carbonyl (C=O) groups excluding carboxylic acids is 2. The molecule has 118 valence electrons. The maximum atomic E-state index is 12.1. The molecule has 0 N–H and O–H groups in total. The molecule has 0 atom stereocenters. The molecule has 0 aliphatic rings. The SMILES string of the molecule is CCc1ccc(CC(C(=O)OC(C)C)C(=O)OC(C)C)s1. The van der Waals surface area contributed by atoms with E-state index in [1.807, 2.05) is 12.1 Å². The molecule has 1 aromatic rings. The summed E-state index contributed by atoms with van der Waals surface area (Å²) in [4.78, 5) is 26.5. The van der Waals surface area contributed by atoms with Gasteiger partial charge in [0.25, 0.3) is 0 Å². The number of thiophene rings is 1. The lowest BCUT2D eigenvalue weighted by Crippen LogP contribution is -2.32. The van der Waals surface area contributed by atoms with Crippen LogP contribution in [0.15, 0.2) is 12.1 Å². The van der Waals surface area contributed by atoms with E-state index in [0.717, 1.165) is 11.3 Å². The second-order valence-corrected chi connectivity index (χ2v) is 6.70. The van der Waals surface area contributed by atoms with Crippen molar-refractivity contribution < 1.29 is 19.1 Å². The Kier molecular flexibility index (Phi) is 6.89. The largest absolute Gasteiger partial charge is 0.462 e. The van der Waals surface area contributed by atoms with Crippen LogP contribution >= 0.6 is 11.3 Å². The second-order valence-electron chi connectivity index (χ2n) is 5.45. The zero-order valence-corrected chi connectivity index (χ0v) is 14.2. The van der Waals surface area contributed by atoms with Gasteiger partial charge in [-0.2, -0.15) is 0 Å². The Balaban J connectivity index is 2.84. The molecule has 4 nitrogen and oxygen atoms in total. The smallest absolute Gasteiger partial charge is 0.320 e. The molecule has 1 aromatic heterocycles. The van der Waals surface area contributed by atoms with Crippen molar-refractivity contribution >= 4 is 23.3 Å². The van der Waals surface area contributed by atoms with E-state index in [4.69, 9.17) is 9.47 Å². The highest BCUT2D eigenvalue weighted by Crippen LogP contribution is 2.22.